The Kier molecular flexibility index (Phi) is 1.91. The Morgan fingerprint density at radius 3 is 2.92 bits per heavy atom. The molecule has 66 valence electrons. The van der Waals surface area contributed by atoms with Gasteiger partial charge in [-0.05, 0) is 0 Å². The van der Waals surface area contributed by atoms with Gasteiger partial charge in [0.15, 0.2) is 0 Å². The summed E-state index contributed by atoms with van der Waals surface area (Å²) in [4.78, 5) is 0. The van der Waals surface area contributed by atoms with Crippen molar-refractivity contribution in [3.8, 4) is 0 Å². The van der Waals surface area contributed by atoms with Crippen molar-refractivity contribution in [3.05, 3.63) is 0 Å². The lowest BCUT2D eigenvalue weighted by Gasteiger charge is -2.34. The molecule has 4 atom stereocenters. The van der Waals surface area contributed by atoms with Crippen LogP contribution < -0.4 is 0 Å². The first-order chi connectivity index (χ1) is 5.69. The Morgan fingerprint density at radius 1 is 1.58 bits per heavy atom. The van der Waals surface area contributed by atoms with Gasteiger partial charge in [-0.3, -0.25) is 0 Å². The first kappa shape index (κ1) is 8.50. The minimum atomic E-state index is -0.970. The van der Waals surface area contributed by atoms with Crippen LogP contribution in [-0.2, 0) is 9.47 Å². The molecule has 0 aromatic heterocycles. The largest absolute Gasteiger partial charge is 0.393 e. The fourth-order valence-corrected chi connectivity index (χ4v) is 1.85. The Balaban J connectivity index is 2.24. The van der Waals surface area contributed by atoms with Gasteiger partial charge in [0.25, 0.3) is 0 Å². The van der Waals surface area contributed by atoms with E-state index in [-0.39, 0.29) is 19.1 Å². The molecule has 2 radical (unpaired) electrons. The van der Waals surface area contributed by atoms with Gasteiger partial charge >= 0.3 is 0 Å². The van der Waals surface area contributed by atoms with Gasteiger partial charge in [-0.1, -0.05) is 0 Å². The van der Waals surface area contributed by atoms with Gasteiger partial charge < -0.3 is 19.7 Å². The Bertz CT molecular complexity index is 188. The molecule has 0 saturated carbocycles. The van der Waals surface area contributed by atoms with E-state index in [0.717, 1.165) is 0 Å². The number of aliphatic hydroxyl groups excluding tert-OH is 2. The fraction of sp³-hybridized carbons (Fsp3) is 1.00. The highest BCUT2D eigenvalue weighted by atomic mass is 16.6. The summed E-state index contributed by atoms with van der Waals surface area (Å²) in [5.74, 6) is -0.203. The molecule has 0 aromatic carbocycles. The third-order valence-electron chi connectivity index (χ3n) is 2.66. The zero-order valence-corrected chi connectivity index (χ0v) is 6.64. The number of fused-ring (bicyclic) bond motifs is 2. The SMILES string of the molecule is [B][C@@H]1O[C@@]2(CO)COC[C@H]1C2O. The third kappa shape index (κ3) is 0.940. The monoisotopic (exact) mass is 170 g/mol. The predicted molar refractivity (Wildman–Crippen MR) is 40.8 cm³/mol. The van der Waals surface area contributed by atoms with Gasteiger partial charge in [0.2, 0.25) is 0 Å². The molecule has 1 unspecified atom stereocenters. The van der Waals surface area contributed by atoms with Crippen molar-refractivity contribution in [2.45, 2.75) is 17.7 Å². The Labute approximate surface area is 71.9 Å². The molecule has 2 rings (SSSR count). The quantitative estimate of drug-likeness (QED) is 0.458. The maximum atomic E-state index is 9.68. The highest BCUT2D eigenvalue weighted by Crippen LogP contribution is 2.38. The first-order valence-corrected chi connectivity index (χ1v) is 4.00. The van der Waals surface area contributed by atoms with Crippen LogP contribution in [0.2, 0.25) is 0 Å². The van der Waals surface area contributed by atoms with Crippen LogP contribution in [0, 0.1) is 5.92 Å². The van der Waals surface area contributed by atoms with E-state index in [4.69, 9.17) is 22.4 Å². The summed E-state index contributed by atoms with van der Waals surface area (Å²) in [5.41, 5.74) is -0.970. The molecular weight excluding hydrogens is 159 g/mol. The number of ether oxygens (including phenoxy) is 2. The molecule has 0 amide bonds. The standard InChI is InChI=1S/C7H11BO4/c8-6-4-1-11-3-7(2-9,12-6)5(4)10/h4-6,9-10H,1-3H2/t4-,5?,6+,7-/m0/s1. The molecule has 5 heteroatoms. The average molecular weight is 170 g/mol. The van der Waals surface area contributed by atoms with Crippen LogP contribution in [-0.4, -0.2) is 55.6 Å². The maximum absolute atomic E-state index is 9.68. The molecule has 4 nitrogen and oxygen atoms in total. The summed E-state index contributed by atoms with van der Waals surface area (Å²) in [6.45, 7) is 0.372. The zero-order valence-electron chi connectivity index (χ0n) is 6.64. The molecule has 0 aromatic rings. The van der Waals surface area contributed by atoms with E-state index in [1.807, 2.05) is 0 Å². The van der Waals surface area contributed by atoms with Gasteiger partial charge in [0.1, 0.15) is 13.4 Å². The highest BCUT2D eigenvalue weighted by molar-refractivity contribution is 6.11. The minimum Gasteiger partial charge on any atom is -0.393 e. The van der Waals surface area contributed by atoms with Crippen molar-refractivity contribution in [1.82, 2.24) is 0 Å². The zero-order chi connectivity index (χ0) is 8.77. The molecule has 2 aliphatic rings. The number of aliphatic hydroxyl groups is 2. The number of rotatable bonds is 1. The smallest absolute Gasteiger partial charge is 0.140 e. The van der Waals surface area contributed by atoms with Crippen molar-refractivity contribution < 1.29 is 19.7 Å². The van der Waals surface area contributed by atoms with E-state index in [1.54, 1.807) is 0 Å². The van der Waals surface area contributed by atoms with E-state index in [2.05, 4.69) is 0 Å². The molecule has 2 bridgehead atoms. The minimum absolute atomic E-state index is 0.203. The molecule has 2 saturated heterocycles. The lowest BCUT2D eigenvalue weighted by Crippen LogP contribution is -2.52. The first-order valence-electron chi connectivity index (χ1n) is 4.00. The lowest BCUT2D eigenvalue weighted by atomic mass is 9.81. The molecule has 2 aliphatic heterocycles. The van der Waals surface area contributed by atoms with E-state index in [1.165, 1.54) is 0 Å². The molecule has 2 fully saturated rings. The van der Waals surface area contributed by atoms with Crippen molar-refractivity contribution in [3.63, 3.8) is 0 Å². The van der Waals surface area contributed by atoms with Crippen molar-refractivity contribution >= 4 is 7.85 Å². The second-order valence-corrected chi connectivity index (χ2v) is 3.43. The summed E-state index contributed by atoms with van der Waals surface area (Å²) in [7, 11) is 5.60. The second-order valence-electron chi connectivity index (χ2n) is 3.43. The van der Waals surface area contributed by atoms with Crippen LogP contribution in [0.15, 0.2) is 0 Å². The molecular formula is C7H11BO4. The second kappa shape index (κ2) is 2.70. The van der Waals surface area contributed by atoms with E-state index in [9.17, 15) is 5.11 Å². The normalized spacial score (nSPS) is 52.7. The van der Waals surface area contributed by atoms with Crippen LogP contribution in [0.4, 0.5) is 0 Å². The van der Waals surface area contributed by atoms with Crippen molar-refractivity contribution in [2.24, 2.45) is 5.92 Å². The molecule has 0 aliphatic carbocycles. The van der Waals surface area contributed by atoms with Gasteiger partial charge in [-0.2, -0.15) is 0 Å². The van der Waals surface area contributed by atoms with Crippen LogP contribution >= 0.6 is 0 Å². The van der Waals surface area contributed by atoms with Crippen LogP contribution in [0.3, 0.4) is 0 Å². The van der Waals surface area contributed by atoms with Crippen LogP contribution in [0.1, 0.15) is 0 Å². The highest BCUT2D eigenvalue weighted by Gasteiger charge is 2.55. The number of hydrogen-bond acceptors (Lipinski definition) is 4. The maximum Gasteiger partial charge on any atom is 0.140 e. The van der Waals surface area contributed by atoms with Crippen LogP contribution in [0.25, 0.3) is 0 Å². The summed E-state index contributed by atoms with van der Waals surface area (Å²) < 4.78 is 10.5. The Hall–Kier alpha value is -0.0951. The predicted octanol–water partition coefficient (Wildman–Crippen LogP) is -1.75. The van der Waals surface area contributed by atoms with Gasteiger partial charge in [-0.25, -0.2) is 0 Å². The summed E-state index contributed by atoms with van der Waals surface area (Å²) in [6, 6.07) is -0.519. The third-order valence-corrected chi connectivity index (χ3v) is 2.66. The fourth-order valence-electron chi connectivity index (χ4n) is 1.85. The average Bonchev–Trinajstić information content (AvgIpc) is 2.23. The molecule has 12 heavy (non-hydrogen) atoms. The Morgan fingerprint density at radius 2 is 2.33 bits per heavy atom. The van der Waals surface area contributed by atoms with E-state index >= 15 is 0 Å². The molecule has 0 spiro atoms. The van der Waals surface area contributed by atoms with E-state index in [0.29, 0.717) is 6.61 Å². The van der Waals surface area contributed by atoms with Crippen molar-refractivity contribution in [1.29, 1.82) is 0 Å². The number of hydrogen-bond donors (Lipinski definition) is 2. The molecule has 2 N–H and O–H groups in total. The van der Waals surface area contributed by atoms with Gasteiger partial charge in [-0.15, -0.1) is 0 Å². The van der Waals surface area contributed by atoms with Crippen molar-refractivity contribution in [2.75, 3.05) is 19.8 Å². The summed E-state index contributed by atoms with van der Waals surface area (Å²) >= 11 is 0. The lowest BCUT2D eigenvalue weighted by molar-refractivity contribution is -0.153. The topological polar surface area (TPSA) is 58.9 Å². The van der Waals surface area contributed by atoms with Gasteiger partial charge in [0, 0.05) is 11.9 Å². The molecule has 2 heterocycles. The van der Waals surface area contributed by atoms with E-state index < -0.39 is 17.7 Å². The van der Waals surface area contributed by atoms with Gasteiger partial charge in [0.05, 0.1) is 25.9 Å². The van der Waals surface area contributed by atoms with Crippen LogP contribution in [0.5, 0.6) is 0 Å². The summed E-state index contributed by atoms with van der Waals surface area (Å²) in [6.07, 6.45) is -0.703. The summed E-state index contributed by atoms with van der Waals surface area (Å²) in [5, 5.41) is 18.7.